The third-order valence-corrected chi connectivity index (χ3v) is 4.91. The molecular formula is C15H21N3O5S. The normalized spacial score (nSPS) is 14.7. The summed E-state index contributed by atoms with van der Waals surface area (Å²) in [7, 11) is -3.43. The van der Waals surface area contributed by atoms with Gasteiger partial charge in [0.05, 0.1) is 18.5 Å². The Morgan fingerprint density at radius 3 is 2.62 bits per heavy atom. The lowest BCUT2D eigenvalue weighted by molar-refractivity contribution is -0.137. The van der Waals surface area contributed by atoms with Gasteiger partial charge >= 0.3 is 12.0 Å². The SMILES string of the molecule is CS(=O)(=O)N1CCN(C(=O)NCCCC(=O)O)Cc2ccccc21. The summed E-state index contributed by atoms with van der Waals surface area (Å²) in [5.74, 6) is -0.906. The number of amides is 2. The number of anilines is 1. The molecule has 2 N–H and O–H groups in total. The first-order valence-electron chi connectivity index (χ1n) is 7.59. The molecule has 1 aliphatic heterocycles. The molecule has 0 saturated heterocycles. The summed E-state index contributed by atoms with van der Waals surface area (Å²) in [6.45, 7) is 0.997. The van der Waals surface area contributed by atoms with E-state index in [1.54, 1.807) is 24.3 Å². The summed E-state index contributed by atoms with van der Waals surface area (Å²) < 4.78 is 25.3. The molecule has 0 aromatic heterocycles. The molecule has 8 nitrogen and oxygen atoms in total. The summed E-state index contributed by atoms with van der Waals surface area (Å²) in [4.78, 5) is 24.3. The van der Waals surface area contributed by atoms with Crippen molar-refractivity contribution in [2.24, 2.45) is 0 Å². The van der Waals surface area contributed by atoms with Crippen molar-refractivity contribution in [1.82, 2.24) is 10.2 Å². The smallest absolute Gasteiger partial charge is 0.317 e. The number of nitrogens with zero attached hydrogens (tertiary/aromatic N) is 2. The highest BCUT2D eigenvalue weighted by molar-refractivity contribution is 7.92. The van der Waals surface area contributed by atoms with Gasteiger partial charge in [0.1, 0.15) is 0 Å². The minimum Gasteiger partial charge on any atom is -0.481 e. The van der Waals surface area contributed by atoms with Crippen molar-refractivity contribution in [2.75, 3.05) is 30.2 Å². The molecule has 0 saturated carbocycles. The number of nitrogens with one attached hydrogen (secondary N) is 1. The second kappa shape index (κ2) is 7.52. The van der Waals surface area contributed by atoms with Gasteiger partial charge in [0.25, 0.3) is 0 Å². The first kappa shape index (κ1) is 18.1. The summed E-state index contributed by atoms with van der Waals surface area (Å²) in [5, 5.41) is 11.3. The lowest BCUT2D eigenvalue weighted by Crippen LogP contribution is -2.42. The quantitative estimate of drug-likeness (QED) is 0.761. The van der Waals surface area contributed by atoms with E-state index in [2.05, 4.69) is 5.32 Å². The number of hydrogen-bond acceptors (Lipinski definition) is 4. The molecule has 9 heteroatoms. The van der Waals surface area contributed by atoms with Crippen LogP contribution in [0.1, 0.15) is 18.4 Å². The predicted molar refractivity (Wildman–Crippen MR) is 89.3 cm³/mol. The van der Waals surface area contributed by atoms with Crippen molar-refractivity contribution in [3.05, 3.63) is 29.8 Å². The van der Waals surface area contributed by atoms with Crippen molar-refractivity contribution in [2.45, 2.75) is 19.4 Å². The van der Waals surface area contributed by atoms with Crippen molar-refractivity contribution in [3.63, 3.8) is 0 Å². The maximum Gasteiger partial charge on any atom is 0.317 e. The zero-order valence-electron chi connectivity index (χ0n) is 13.4. The number of rotatable bonds is 5. The summed E-state index contributed by atoms with van der Waals surface area (Å²) in [5.41, 5.74) is 1.34. The minimum absolute atomic E-state index is 0.00896. The second-order valence-corrected chi connectivity index (χ2v) is 7.52. The molecule has 0 bridgehead atoms. The van der Waals surface area contributed by atoms with Crippen molar-refractivity contribution >= 4 is 27.7 Å². The van der Waals surface area contributed by atoms with Gasteiger partial charge in [0, 0.05) is 26.1 Å². The van der Waals surface area contributed by atoms with Crippen LogP contribution in [0.25, 0.3) is 0 Å². The Morgan fingerprint density at radius 1 is 1.25 bits per heavy atom. The average molecular weight is 355 g/mol. The molecule has 24 heavy (non-hydrogen) atoms. The van der Waals surface area contributed by atoms with Crippen LogP contribution in [-0.4, -0.2) is 56.3 Å². The largest absolute Gasteiger partial charge is 0.481 e. The maximum atomic E-state index is 12.3. The number of para-hydroxylation sites is 1. The summed E-state index contributed by atoms with van der Waals surface area (Å²) in [6, 6.07) is 6.76. The topological polar surface area (TPSA) is 107 Å². The van der Waals surface area contributed by atoms with E-state index >= 15 is 0 Å². The predicted octanol–water partition coefficient (Wildman–Crippen LogP) is 0.843. The molecule has 2 rings (SSSR count). The van der Waals surface area contributed by atoms with E-state index in [4.69, 9.17) is 5.11 Å². The molecule has 1 heterocycles. The van der Waals surface area contributed by atoms with Crippen LogP contribution in [0.5, 0.6) is 0 Å². The Kier molecular flexibility index (Phi) is 5.66. The van der Waals surface area contributed by atoms with Crippen molar-refractivity contribution in [3.8, 4) is 0 Å². The van der Waals surface area contributed by atoms with Crippen LogP contribution in [0.2, 0.25) is 0 Å². The number of carboxylic acid groups (broad SMARTS) is 1. The zero-order valence-corrected chi connectivity index (χ0v) is 14.3. The fraction of sp³-hybridized carbons (Fsp3) is 0.467. The molecule has 0 aliphatic carbocycles. The van der Waals surface area contributed by atoms with Crippen molar-refractivity contribution < 1.29 is 23.1 Å². The van der Waals surface area contributed by atoms with E-state index in [1.807, 2.05) is 0 Å². The Bertz CT molecular complexity index is 720. The number of fused-ring (bicyclic) bond motifs is 1. The standard InChI is InChI=1S/C15H21N3O5S/c1-24(22,23)18-10-9-17(11-12-5-2-3-6-13(12)18)15(21)16-8-4-7-14(19)20/h2-3,5-6H,4,7-11H2,1H3,(H,16,21)(H,19,20). The molecule has 0 spiro atoms. The second-order valence-electron chi connectivity index (χ2n) is 5.61. The number of sulfonamides is 1. The van der Waals surface area contributed by atoms with E-state index in [-0.39, 0.29) is 32.1 Å². The number of benzene rings is 1. The number of aliphatic carboxylic acids is 1. The van der Waals surface area contributed by atoms with Gasteiger partial charge in [0.2, 0.25) is 10.0 Å². The molecule has 1 aromatic rings. The van der Waals surface area contributed by atoms with Crippen LogP contribution in [0, 0.1) is 0 Å². The Labute approximate surface area is 141 Å². The summed E-state index contributed by atoms with van der Waals surface area (Å²) in [6.07, 6.45) is 1.48. The van der Waals surface area contributed by atoms with Crippen LogP contribution >= 0.6 is 0 Å². The molecule has 1 aromatic carbocycles. The van der Waals surface area contributed by atoms with Gasteiger partial charge in [-0.25, -0.2) is 13.2 Å². The molecule has 0 radical (unpaired) electrons. The van der Waals surface area contributed by atoms with Crippen LogP contribution in [0.3, 0.4) is 0 Å². The fourth-order valence-electron chi connectivity index (χ4n) is 2.57. The first-order valence-corrected chi connectivity index (χ1v) is 9.44. The van der Waals surface area contributed by atoms with Gasteiger partial charge in [-0.1, -0.05) is 18.2 Å². The van der Waals surface area contributed by atoms with Crippen molar-refractivity contribution in [1.29, 1.82) is 0 Å². The highest BCUT2D eigenvalue weighted by Gasteiger charge is 2.27. The Hall–Kier alpha value is -2.29. The molecular weight excluding hydrogens is 334 g/mol. The van der Waals surface area contributed by atoms with Gasteiger partial charge < -0.3 is 15.3 Å². The van der Waals surface area contributed by atoms with Crippen LogP contribution < -0.4 is 9.62 Å². The molecule has 2 amide bonds. The molecule has 0 fully saturated rings. The van der Waals surface area contributed by atoms with Crippen LogP contribution in [-0.2, 0) is 21.4 Å². The lowest BCUT2D eigenvalue weighted by atomic mass is 10.2. The van der Waals surface area contributed by atoms with Crippen LogP contribution in [0.4, 0.5) is 10.5 Å². The third kappa shape index (κ3) is 4.60. The Morgan fingerprint density at radius 2 is 1.96 bits per heavy atom. The summed E-state index contributed by atoms with van der Waals surface area (Å²) >= 11 is 0. The van der Waals surface area contributed by atoms with Gasteiger partial charge in [-0.3, -0.25) is 9.10 Å². The number of urea groups is 1. The van der Waals surface area contributed by atoms with Gasteiger partial charge in [0.15, 0.2) is 0 Å². The first-order chi connectivity index (χ1) is 11.3. The molecule has 0 atom stereocenters. The molecule has 1 aliphatic rings. The third-order valence-electron chi connectivity index (χ3n) is 3.73. The fourth-order valence-corrected chi connectivity index (χ4v) is 3.52. The van der Waals surface area contributed by atoms with Crippen LogP contribution in [0.15, 0.2) is 24.3 Å². The van der Waals surface area contributed by atoms with Gasteiger partial charge in [-0.05, 0) is 18.1 Å². The van der Waals surface area contributed by atoms with Gasteiger partial charge in [-0.15, -0.1) is 0 Å². The molecule has 0 unspecified atom stereocenters. The van der Waals surface area contributed by atoms with E-state index in [1.165, 1.54) is 9.21 Å². The Balaban J connectivity index is 2.08. The van der Waals surface area contributed by atoms with E-state index in [0.717, 1.165) is 11.8 Å². The number of carbonyl (C=O) groups is 2. The highest BCUT2D eigenvalue weighted by atomic mass is 32.2. The zero-order chi connectivity index (χ0) is 17.7. The minimum atomic E-state index is -3.43. The highest BCUT2D eigenvalue weighted by Crippen LogP contribution is 2.26. The lowest BCUT2D eigenvalue weighted by Gasteiger charge is -2.22. The monoisotopic (exact) mass is 355 g/mol. The maximum absolute atomic E-state index is 12.3. The molecule has 132 valence electrons. The average Bonchev–Trinajstić information content (AvgIpc) is 2.70. The van der Waals surface area contributed by atoms with E-state index < -0.39 is 16.0 Å². The number of carbonyl (C=O) groups excluding carboxylic acids is 1. The number of hydrogen-bond donors (Lipinski definition) is 2. The number of carboxylic acids is 1. The van der Waals surface area contributed by atoms with E-state index in [9.17, 15) is 18.0 Å². The van der Waals surface area contributed by atoms with E-state index in [0.29, 0.717) is 18.7 Å². The van der Waals surface area contributed by atoms with Gasteiger partial charge in [-0.2, -0.15) is 0 Å².